The van der Waals surface area contributed by atoms with E-state index in [0.717, 1.165) is 11.4 Å². The van der Waals surface area contributed by atoms with Crippen LogP contribution in [0.3, 0.4) is 0 Å². The van der Waals surface area contributed by atoms with E-state index in [4.69, 9.17) is 0 Å². The summed E-state index contributed by atoms with van der Waals surface area (Å²) < 4.78 is 0. The Labute approximate surface area is 107 Å². The Morgan fingerprint density at radius 2 is 2.00 bits per heavy atom. The number of hydrogen-bond acceptors (Lipinski definition) is 1. The molecule has 1 aliphatic rings. The molecule has 1 aromatic rings. The molecule has 2 rings (SSSR count). The van der Waals surface area contributed by atoms with Crippen molar-refractivity contribution in [2.75, 3.05) is 11.9 Å². The van der Waals surface area contributed by atoms with Crippen LogP contribution in [0, 0.1) is 6.92 Å². The van der Waals surface area contributed by atoms with E-state index in [9.17, 15) is 0 Å². The summed E-state index contributed by atoms with van der Waals surface area (Å²) in [5, 5.41) is 0.946. The second-order valence-corrected chi connectivity index (χ2v) is 5.38. The molecule has 1 nitrogen and oxygen atoms in total. The minimum absolute atomic E-state index is 0.750. The van der Waals surface area contributed by atoms with E-state index >= 15 is 0 Å². The van der Waals surface area contributed by atoms with E-state index in [1.165, 1.54) is 42.5 Å². The maximum atomic E-state index is 3.59. The minimum Gasteiger partial charge on any atom is -0.371 e. The normalized spacial score (nSPS) is 16.7. The zero-order chi connectivity index (χ0) is 11.5. The molecule has 0 saturated heterocycles. The molecule has 0 heterocycles. The van der Waals surface area contributed by atoms with Gasteiger partial charge in [0, 0.05) is 24.1 Å². The van der Waals surface area contributed by atoms with Gasteiger partial charge in [-0.2, -0.15) is 0 Å². The Kier molecular flexibility index (Phi) is 3.91. The number of halogens is 1. The van der Waals surface area contributed by atoms with Crippen LogP contribution in [0.15, 0.2) is 18.2 Å². The molecule has 16 heavy (non-hydrogen) atoms. The van der Waals surface area contributed by atoms with Crippen molar-refractivity contribution in [2.24, 2.45) is 0 Å². The van der Waals surface area contributed by atoms with Gasteiger partial charge in [0.1, 0.15) is 0 Å². The summed E-state index contributed by atoms with van der Waals surface area (Å²) in [5.41, 5.74) is 4.15. The Hall–Kier alpha value is -0.500. The van der Waals surface area contributed by atoms with E-state index in [-0.39, 0.29) is 0 Å². The highest BCUT2D eigenvalue weighted by atomic mass is 79.9. The molecule has 1 aliphatic carbocycles. The maximum absolute atomic E-state index is 3.59. The molecule has 1 fully saturated rings. The smallest absolute Gasteiger partial charge is 0.0407 e. The van der Waals surface area contributed by atoms with Gasteiger partial charge in [0.05, 0.1) is 0 Å². The molecule has 0 bridgehead atoms. The molecule has 1 aromatic carbocycles. The highest BCUT2D eigenvalue weighted by Crippen LogP contribution is 2.30. The predicted octanol–water partition coefficient (Wildman–Crippen LogP) is 4.27. The van der Waals surface area contributed by atoms with Gasteiger partial charge in [0.15, 0.2) is 0 Å². The first-order valence-corrected chi connectivity index (χ1v) is 7.23. The average molecular weight is 282 g/mol. The van der Waals surface area contributed by atoms with Gasteiger partial charge in [-0.3, -0.25) is 0 Å². The minimum atomic E-state index is 0.750. The van der Waals surface area contributed by atoms with Crippen molar-refractivity contribution < 1.29 is 0 Å². The van der Waals surface area contributed by atoms with Gasteiger partial charge in [-0.25, -0.2) is 0 Å². The number of benzene rings is 1. The summed E-state index contributed by atoms with van der Waals surface area (Å²) in [6.45, 7) is 2.16. The van der Waals surface area contributed by atoms with Crippen molar-refractivity contribution >= 4 is 21.6 Å². The van der Waals surface area contributed by atoms with Crippen LogP contribution < -0.4 is 4.90 Å². The van der Waals surface area contributed by atoms with Crippen LogP contribution in [0.1, 0.15) is 36.8 Å². The largest absolute Gasteiger partial charge is 0.371 e. The molecule has 0 atom stereocenters. The second-order valence-electron chi connectivity index (χ2n) is 4.81. The number of hydrogen-bond donors (Lipinski definition) is 0. The van der Waals surface area contributed by atoms with Crippen LogP contribution in [0.5, 0.6) is 0 Å². The van der Waals surface area contributed by atoms with Crippen LogP contribution >= 0.6 is 15.9 Å². The number of rotatable bonds is 3. The van der Waals surface area contributed by atoms with Crippen molar-refractivity contribution in [3.63, 3.8) is 0 Å². The Morgan fingerprint density at radius 3 is 2.62 bits per heavy atom. The number of anilines is 1. The third kappa shape index (κ3) is 2.42. The molecule has 0 radical (unpaired) electrons. The molecule has 0 amide bonds. The molecule has 0 N–H and O–H groups in total. The van der Waals surface area contributed by atoms with Gasteiger partial charge in [-0.05, 0) is 31.4 Å². The summed E-state index contributed by atoms with van der Waals surface area (Å²) in [6, 6.07) is 7.52. The third-order valence-electron chi connectivity index (χ3n) is 3.63. The van der Waals surface area contributed by atoms with E-state index in [2.05, 4.69) is 53.0 Å². The Morgan fingerprint density at radius 1 is 1.31 bits per heavy atom. The fraction of sp³-hybridized carbons (Fsp3) is 0.571. The Balaban J connectivity index is 2.24. The van der Waals surface area contributed by atoms with Gasteiger partial charge >= 0.3 is 0 Å². The first-order chi connectivity index (χ1) is 7.72. The first kappa shape index (κ1) is 12.0. The molecule has 1 saturated carbocycles. The van der Waals surface area contributed by atoms with Gasteiger partial charge < -0.3 is 4.90 Å². The third-order valence-corrected chi connectivity index (χ3v) is 4.24. The fourth-order valence-electron chi connectivity index (χ4n) is 2.65. The number of aryl methyl sites for hydroxylation is 1. The Bertz CT molecular complexity index is 356. The van der Waals surface area contributed by atoms with Crippen LogP contribution in [0.2, 0.25) is 0 Å². The van der Waals surface area contributed by atoms with Crippen LogP contribution in [0.25, 0.3) is 0 Å². The van der Waals surface area contributed by atoms with E-state index in [1.807, 2.05) is 0 Å². The van der Waals surface area contributed by atoms with Crippen molar-refractivity contribution in [1.29, 1.82) is 0 Å². The van der Waals surface area contributed by atoms with Crippen molar-refractivity contribution in [3.05, 3.63) is 29.3 Å². The number of alkyl halides is 1. The molecule has 0 unspecified atom stereocenters. The summed E-state index contributed by atoms with van der Waals surface area (Å²) in [7, 11) is 2.24. The summed E-state index contributed by atoms with van der Waals surface area (Å²) in [5.74, 6) is 0. The number of nitrogens with zero attached hydrogens (tertiary/aromatic N) is 1. The zero-order valence-corrected chi connectivity index (χ0v) is 11.8. The lowest BCUT2D eigenvalue weighted by atomic mass is 10.1. The molecule has 0 spiro atoms. The highest BCUT2D eigenvalue weighted by molar-refractivity contribution is 9.08. The van der Waals surface area contributed by atoms with E-state index < -0.39 is 0 Å². The second kappa shape index (κ2) is 5.22. The summed E-state index contributed by atoms with van der Waals surface area (Å²) in [4.78, 5) is 2.48. The molecule has 0 aromatic heterocycles. The molecule has 88 valence electrons. The molecule has 2 heteroatoms. The van der Waals surface area contributed by atoms with Crippen molar-refractivity contribution in [3.8, 4) is 0 Å². The summed E-state index contributed by atoms with van der Waals surface area (Å²) in [6.07, 6.45) is 5.49. The lowest BCUT2D eigenvalue weighted by Gasteiger charge is -2.28. The quantitative estimate of drug-likeness (QED) is 0.748. The van der Waals surface area contributed by atoms with Crippen LogP contribution in [0.4, 0.5) is 5.69 Å². The van der Waals surface area contributed by atoms with Gasteiger partial charge in [0.25, 0.3) is 0 Å². The van der Waals surface area contributed by atoms with Gasteiger partial charge in [0.2, 0.25) is 0 Å². The SMILES string of the molecule is Cc1ccc(N(C)C2CCCC2)c(CBr)c1. The van der Waals surface area contributed by atoms with Gasteiger partial charge in [-0.15, -0.1) is 0 Å². The zero-order valence-electron chi connectivity index (χ0n) is 10.2. The average Bonchev–Trinajstić information content (AvgIpc) is 2.81. The fourth-order valence-corrected chi connectivity index (χ4v) is 3.10. The van der Waals surface area contributed by atoms with Crippen molar-refractivity contribution in [1.82, 2.24) is 0 Å². The van der Waals surface area contributed by atoms with E-state index in [1.54, 1.807) is 0 Å². The van der Waals surface area contributed by atoms with Crippen LogP contribution in [-0.2, 0) is 5.33 Å². The molecular formula is C14H20BrN. The van der Waals surface area contributed by atoms with Crippen LogP contribution in [-0.4, -0.2) is 13.1 Å². The standard InChI is InChI=1S/C14H20BrN/c1-11-7-8-14(12(9-11)10-15)16(2)13-5-3-4-6-13/h7-9,13H,3-6,10H2,1-2H3. The lowest BCUT2D eigenvalue weighted by Crippen LogP contribution is -2.29. The first-order valence-electron chi connectivity index (χ1n) is 6.10. The predicted molar refractivity (Wildman–Crippen MR) is 74.5 cm³/mol. The molecular weight excluding hydrogens is 262 g/mol. The highest BCUT2D eigenvalue weighted by Gasteiger charge is 2.21. The lowest BCUT2D eigenvalue weighted by molar-refractivity contribution is 0.652. The monoisotopic (exact) mass is 281 g/mol. The van der Waals surface area contributed by atoms with Gasteiger partial charge in [-0.1, -0.05) is 46.5 Å². The topological polar surface area (TPSA) is 3.24 Å². The summed E-state index contributed by atoms with van der Waals surface area (Å²) >= 11 is 3.59. The maximum Gasteiger partial charge on any atom is 0.0407 e. The molecule has 0 aliphatic heterocycles. The van der Waals surface area contributed by atoms with Crippen molar-refractivity contribution in [2.45, 2.75) is 44.0 Å². The van der Waals surface area contributed by atoms with E-state index in [0.29, 0.717) is 0 Å².